The number of fused-ring (bicyclic) bond motifs is 1. The number of hydrogen-bond donors (Lipinski definition) is 0. The second-order valence-corrected chi connectivity index (χ2v) is 7.08. The Bertz CT molecular complexity index is 666. The summed E-state index contributed by atoms with van der Waals surface area (Å²) < 4.78 is 11.9. The molecule has 23 heavy (non-hydrogen) atoms. The highest BCUT2D eigenvalue weighted by Gasteiger charge is 2.39. The van der Waals surface area contributed by atoms with Gasteiger partial charge in [-0.3, -0.25) is 4.79 Å². The normalized spacial score (nSPS) is 19.9. The first-order chi connectivity index (χ1) is 10.7. The van der Waals surface area contributed by atoms with Gasteiger partial charge in [0.1, 0.15) is 17.1 Å². The Morgan fingerprint density at radius 3 is 2.43 bits per heavy atom. The molecule has 0 saturated heterocycles. The maximum absolute atomic E-state index is 12.8. The van der Waals surface area contributed by atoms with Crippen molar-refractivity contribution in [3.8, 4) is 11.5 Å². The van der Waals surface area contributed by atoms with Crippen molar-refractivity contribution >= 4 is 5.78 Å². The third kappa shape index (κ3) is 3.29. The van der Waals surface area contributed by atoms with Gasteiger partial charge >= 0.3 is 0 Å². The van der Waals surface area contributed by atoms with Crippen molar-refractivity contribution in [2.45, 2.75) is 66.4 Å². The number of rotatable bonds is 4. The average Bonchev–Trinajstić information content (AvgIpc) is 2.44. The number of ether oxygens (including phenoxy) is 2. The molecule has 1 aromatic rings. The predicted octanol–water partition coefficient (Wildman–Crippen LogP) is 5.09. The number of methoxy groups -OCH3 is 1. The molecule has 0 N–H and O–H groups in total. The first-order valence-corrected chi connectivity index (χ1v) is 8.23. The molecule has 1 aliphatic rings. The van der Waals surface area contributed by atoms with E-state index >= 15 is 0 Å². The summed E-state index contributed by atoms with van der Waals surface area (Å²) in [5.41, 5.74) is 4.50. The van der Waals surface area contributed by atoms with Crippen LogP contribution in [0.2, 0.25) is 0 Å². The minimum Gasteiger partial charge on any atom is -0.496 e. The van der Waals surface area contributed by atoms with E-state index in [1.165, 1.54) is 5.57 Å². The van der Waals surface area contributed by atoms with Crippen LogP contribution in [-0.2, 0) is 0 Å². The molecule has 0 bridgehead atoms. The Balaban J connectivity index is 2.44. The summed E-state index contributed by atoms with van der Waals surface area (Å²) in [7, 11) is 1.65. The molecule has 126 valence electrons. The number of allylic oxidation sites excluding steroid dienone is 2. The number of hydrogen-bond acceptors (Lipinski definition) is 3. The van der Waals surface area contributed by atoms with E-state index in [1.54, 1.807) is 7.11 Å². The molecule has 0 radical (unpaired) electrons. The highest BCUT2D eigenvalue weighted by molar-refractivity contribution is 6.03. The Labute approximate surface area is 139 Å². The predicted molar refractivity (Wildman–Crippen MR) is 93.9 cm³/mol. The van der Waals surface area contributed by atoms with Gasteiger partial charge < -0.3 is 9.47 Å². The van der Waals surface area contributed by atoms with Gasteiger partial charge in [-0.15, -0.1) is 0 Å². The maximum atomic E-state index is 12.8. The fraction of sp³-hybridized carbons (Fsp3) is 0.550. The van der Waals surface area contributed by atoms with Crippen molar-refractivity contribution in [1.82, 2.24) is 0 Å². The van der Waals surface area contributed by atoms with Gasteiger partial charge in [-0.05, 0) is 65.5 Å². The first kappa shape index (κ1) is 17.6. The largest absolute Gasteiger partial charge is 0.496 e. The SMILES string of the molecule is COc1c(C)c(C)c2c(c1C)C(=O)CC(C)(CCC=C(C)C)O2. The zero-order chi connectivity index (χ0) is 17.4. The Hall–Kier alpha value is -1.77. The van der Waals surface area contributed by atoms with Gasteiger partial charge in [0.25, 0.3) is 0 Å². The van der Waals surface area contributed by atoms with Gasteiger partial charge in [0.15, 0.2) is 5.78 Å². The van der Waals surface area contributed by atoms with Crippen LogP contribution in [0.1, 0.15) is 67.1 Å². The minimum atomic E-state index is -0.436. The van der Waals surface area contributed by atoms with E-state index in [0.717, 1.165) is 41.0 Å². The summed E-state index contributed by atoms with van der Waals surface area (Å²) in [5, 5.41) is 0. The van der Waals surface area contributed by atoms with Crippen LogP contribution in [0.15, 0.2) is 11.6 Å². The topological polar surface area (TPSA) is 35.5 Å². The second kappa shape index (κ2) is 6.38. The second-order valence-electron chi connectivity index (χ2n) is 7.08. The van der Waals surface area contributed by atoms with Gasteiger partial charge in [-0.25, -0.2) is 0 Å². The van der Waals surface area contributed by atoms with E-state index in [1.807, 2.05) is 27.7 Å². The lowest BCUT2D eigenvalue weighted by Gasteiger charge is -2.37. The lowest BCUT2D eigenvalue weighted by atomic mass is 9.84. The van der Waals surface area contributed by atoms with Gasteiger partial charge in [0, 0.05) is 5.56 Å². The molecule has 0 aliphatic carbocycles. The fourth-order valence-corrected chi connectivity index (χ4v) is 3.38. The minimum absolute atomic E-state index is 0.157. The molecule has 1 heterocycles. The smallest absolute Gasteiger partial charge is 0.170 e. The molecular weight excluding hydrogens is 288 g/mol. The fourth-order valence-electron chi connectivity index (χ4n) is 3.38. The van der Waals surface area contributed by atoms with E-state index in [0.29, 0.717) is 12.0 Å². The summed E-state index contributed by atoms with van der Waals surface area (Å²) >= 11 is 0. The van der Waals surface area contributed by atoms with Crippen molar-refractivity contribution in [1.29, 1.82) is 0 Å². The quantitative estimate of drug-likeness (QED) is 0.726. The lowest BCUT2D eigenvalue weighted by molar-refractivity contribution is 0.0467. The Morgan fingerprint density at radius 2 is 1.87 bits per heavy atom. The van der Waals surface area contributed by atoms with Gasteiger partial charge in [0.05, 0.1) is 19.1 Å². The van der Waals surface area contributed by atoms with E-state index in [9.17, 15) is 4.79 Å². The molecular formula is C20H28O3. The summed E-state index contributed by atoms with van der Waals surface area (Å²) in [4.78, 5) is 12.8. The van der Waals surface area contributed by atoms with Crippen LogP contribution in [0.3, 0.4) is 0 Å². The van der Waals surface area contributed by atoms with Crippen LogP contribution >= 0.6 is 0 Å². The van der Waals surface area contributed by atoms with Crippen LogP contribution in [-0.4, -0.2) is 18.5 Å². The van der Waals surface area contributed by atoms with Crippen molar-refractivity contribution in [3.05, 3.63) is 33.9 Å². The third-order valence-electron chi connectivity index (χ3n) is 4.78. The van der Waals surface area contributed by atoms with Crippen LogP contribution in [0.25, 0.3) is 0 Å². The van der Waals surface area contributed by atoms with E-state index < -0.39 is 5.60 Å². The molecule has 1 aromatic carbocycles. The zero-order valence-electron chi connectivity index (χ0n) is 15.4. The highest BCUT2D eigenvalue weighted by Crippen LogP contribution is 2.44. The summed E-state index contributed by atoms with van der Waals surface area (Å²) in [6.07, 6.45) is 4.39. The number of carbonyl (C=O) groups is 1. The molecule has 1 atom stereocenters. The molecule has 3 nitrogen and oxygen atoms in total. The molecule has 1 aliphatic heterocycles. The molecule has 3 heteroatoms. The highest BCUT2D eigenvalue weighted by atomic mass is 16.5. The van der Waals surface area contributed by atoms with Crippen LogP contribution in [0.5, 0.6) is 11.5 Å². The standard InChI is InChI=1S/C20H28O3/c1-12(2)9-8-10-20(6)11-16(21)17-15(5)18(22-7)13(3)14(4)19(17)23-20/h9H,8,10-11H2,1-7H3. The molecule has 0 aromatic heterocycles. The van der Waals surface area contributed by atoms with Gasteiger partial charge in [0.2, 0.25) is 0 Å². The van der Waals surface area contributed by atoms with Crippen LogP contribution < -0.4 is 9.47 Å². The maximum Gasteiger partial charge on any atom is 0.170 e. The summed E-state index contributed by atoms with van der Waals surface area (Å²) in [6, 6.07) is 0. The summed E-state index contributed by atoms with van der Waals surface area (Å²) in [6.45, 7) is 12.2. The van der Waals surface area contributed by atoms with Gasteiger partial charge in [-0.1, -0.05) is 11.6 Å². The van der Waals surface area contributed by atoms with E-state index in [4.69, 9.17) is 9.47 Å². The van der Waals surface area contributed by atoms with Crippen molar-refractivity contribution in [2.24, 2.45) is 0 Å². The number of carbonyl (C=O) groups excluding carboxylic acids is 1. The molecule has 2 rings (SSSR count). The zero-order valence-corrected chi connectivity index (χ0v) is 15.4. The number of Topliss-reactive ketones (excluding diaryl/α,β-unsaturated/α-hetero) is 1. The monoisotopic (exact) mass is 316 g/mol. The molecule has 0 amide bonds. The number of benzene rings is 1. The van der Waals surface area contributed by atoms with Crippen LogP contribution in [0.4, 0.5) is 0 Å². The average molecular weight is 316 g/mol. The first-order valence-electron chi connectivity index (χ1n) is 8.23. The van der Waals surface area contributed by atoms with Crippen molar-refractivity contribution in [3.63, 3.8) is 0 Å². The Morgan fingerprint density at radius 1 is 1.22 bits per heavy atom. The van der Waals surface area contributed by atoms with Crippen molar-refractivity contribution in [2.75, 3.05) is 7.11 Å². The summed E-state index contributed by atoms with van der Waals surface area (Å²) in [5.74, 6) is 1.70. The van der Waals surface area contributed by atoms with E-state index in [-0.39, 0.29) is 5.78 Å². The molecule has 0 saturated carbocycles. The Kier molecular flexibility index (Phi) is 4.88. The number of ketones is 1. The third-order valence-corrected chi connectivity index (χ3v) is 4.78. The lowest BCUT2D eigenvalue weighted by Crippen LogP contribution is -2.39. The van der Waals surface area contributed by atoms with E-state index in [2.05, 4.69) is 19.9 Å². The molecule has 0 spiro atoms. The van der Waals surface area contributed by atoms with Crippen LogP contribution in [0, 0.1) is 20.8 Å². The molecule has 1 unspecified atom stereocenters. The molecule has 0 fully saturated rings. The van der Waals surface area contributed by atoms with Crippen molar-refractivity contribution < 1.29 is 14.3 Å². The van der Waals surface area contributed by atoms with Gasteiger partial charge in [-0.2, -0.15) is 0 Å².